The number of aliphatic hydroxyl groups is 3. The van der Waals surface area contributed by atoms with Gasteiger partial charge in [-0.1, -0.05) is 24.0 Å². The van der Waals surface area contributed by atoms with E-state index < -0.39 is 16.8 Å². The fourth-order valence-corrected chi connectivity index (χ4v) is 0.999. The average Bonchev–Trinajstić information content (AvgIpc) is 2.04. The molecule has 0 bridgehead atoms. The van der Waals surface area contributed by atoms with E-state index in [1.165, 1.54) is 0 Å². The molecule has 0 aliphatic rings. The van der Waals surface area contributed by atoms with Crippen molar-refractivity contribution < 1.29 is 15.3 Å². The third-order valence-electron chi connectivity index (χ3n) is 1.93. The van der Waals surface area contributed by atoms with Gasteiger partial charge in [-0.05, 0) is 47.6 Å². The van der Waals surface area contributed by atoms with E-state index >= 15 is 0 Å². The predicted molar refractivity (Wildman–Crippen MR) is 73.9 cm³/mol. The molecule has 0 spiro atoms. The second-order valence-corrected chi connectivity index (χ2v) is 5.96. The molecule has 0 rings (SSSR count). The Kier molecular flexibility index (Phi) is 5.36. The van der Waals surface area contributed by atoms with Crippen LogP contribution in [0.1, 0.15) is 41.5 Å². The molecule has 0 aromatic carbocycles. The van der Waals surface area contributed by atoms with Crippen LogP contribution in [0.2, 0.25) is 0 Å². The van der Waals surface area contributed by atoms with Crippen LogP contribution >= 0.6 is 0 Å². The van der Waals surface area contributed by atoms with Crippen molar-refractivity contribution in [2.24, 2.45) is 0 Å². The maximum atomic E-state index is 9.95. The second-order valence-electron chi connectivity index (χ2n) is 5.96. The fourth-order valence-electron chi connectivity index (χ4n) is 0.999. The standard InChI is InChI=1S/C15H24O3/c1-13(2,16)10-7-8-12(15(5,6)18)9-11-14(3,4)17/h7-8,10,16-18H,1-6H3/b10-7+,12-8+. The van der Waals surface area contributed by atoms with Crippen molar-refractivity contribution in [2.45, 2.75) is 58.3 Å². The van der Waals surface area contributed by atoms with Crippen LogP contribution in [0.25, 0.3) is 0 Å². The van der Waals surface area contributed by atoms with Gasteiger partial charge in [0, 0.05) is 5.57 Å². The monoisotopic (exact) mass is 252 g/mol. The smallest absolute Gasteiger partial charge is 0.120 e. The molecule has 0 aromatic rings. The zero-order chi connectivity index (χ0) is 14.6. The maximum absolute atomic E-state index is 9.95. The SMILES string of the molecule is CC(C)(O)C#C/C(=C\C=C\C(C)(C)O)C(C)(C)O. The van der Waals surface area contributed by atoms with E-state index in [1.807, 2.05) is 0 Å². The van der Waals surface area contributed by atoms with Gasteiger partial charge < -0.3 is 15.3 Å². The van der Waals surface area contributed by atoms with Crippen molar-refractivity contribution >= 4 is 0 Å². The second kappa shape index (κ2) is 5.71. The quantitative estimate of drug-likeness (QED) is 0.530. The number of hydrogen-bond acceptors (Lipinski definition) is 3. The molecule has 0 aliphatic carbocycles. The van der Waals surface area contributed by atoms with Crippen LogP contribution in [0.4, 0.5) is 0 Å². The zero-order valence-electron chi connectivity index (χ0n) is 12.1. The summed E-state index contributed by atoms with van der Waals surface area (Å²) in [6.07, 6.45) is 4.88. The highest BCUT2D eigenvalue weighted by atomic mass is 16.3. The molecule has 0 aromatic heterocycles. The van der Waals surface area contributed by atoms with Crippen molar-refractivity contribution in [2.75, 3.05) is 0 Å². The lowest BCUT2D eigenvalue weighted by Crippen LogP contribution is -2.22. The predicted octanol–water partition coefficient (Wildman–Crippen LogP) is 1.79. The first-order valence-electron chi connectivity index (χ1n) is 5.91. The summed E-state index contributed by atoms with van der Waals surface area (Å²) in [5, 5.41) is 29.0. The largest absolute Gasteiger partial charge is 0.386 e. The van der Waals surface area contributed by atoms with Crippen LogP contribution in [0.15, 0.2) is 23.8 Å². The summed E-state index contributed by atoms with van der Waals surface area (Å²) in [6, 6.07) is 0. The summed E-state index contributed by atoms with van der Waals surface area (Å²) >= 11 is 0. The highest BCUT2D eigenvalue weighted by molar-refractivity contribution is 5.39. The first kappa shape index (κ1) is 16.9. The summed E-state index contributed by atoms with van der Waals surface area (Å²) in [7, 11) is 0. The van der Waals surface area contributed by atoms with Crippen LogP contribution in [-0.2, 0) is 0 Å². The number of hydrogen-bond donors (Lipinski definition) is 3. The van der Waals surface area contributed by atoms with Gasteiger partial charge in [0.15, 0.2) is 0 Å². The van der Waals surface area contributed by atoms with Gasteiger partial charge in [0.05, 0.1) is 11.2 Å². The Balaban J connectivity index is 5.21. The molecule has 3 N–H and O–H groups in total. The van der Waals surface area contributed by atoms with E-state index in [2.05, 4.69) is 11.8 Å². The molecule has 18 heavy (non-hydrogen) atoms. The Morgan fingerprint density at radius 3 is 1.78 bits per heavy atom. The van der Waals surface area contributed by atoms with Crippen LogP contribution < -0.4 is 0 Å². The van der Waals surface area contributed by atoms with Gasteiger partial charge in [-0.2, -0.15) is 0 Å². The third-order valence-corrected chi connectivity index (χ3v) is 1.93. The average molecular weight is 252 g/mol. The van der Waals surface area contributed by atoms with Gasteiger partial charge in [-0.15, -0.1) is 0 Å². The molecule has 0 aliphatic heterocycles. The van der Waals surface area contributed by atoms with Crippen LogP contribution in [0.5, 0.6) is 0 Å². The van der Waals surface area contributed by atoms with Crippen molar-refractivity contribution in [1.82, 2.24) is 0 Å². The molecule has 3 nitrogen and oxygen atoms in total. The van der Waals surface area contributed by atoms with Crippen molar-refractivity contribution in [3.05, 3.63) is 23.8 Å². The van der Waals surface area contributed by atoms with Crippen molar-refractivity contribution in [3.63, 3.8) is 0 Å². The van der Waals surface area contributed by atoms with E-state index in [-0.39, 0.29) is 0 Å². The molecule has 3 heteroatoms. The third kappa shape index (κ3) is 9.00. The van der Waals surface area contributed by atoms with Gasteiger partial charge in [-0.3, -0.25) is 0 Å². The van der Waals surface area contributed by atoms with Gasteiger partial charge in [0.2, 0.25) is 0 Å². The number of rotatable bonds is 3. The minimum atomic E-state index is -1.11. The van der Waals surface area contributed by atoms with Gasteiger partial charge >= 0.3 is 0 Å². The topological polar surface area (TPSA) is 60.7 Å². The van der Waals surface area contributed by atoms with E-state index in [1.54, 1.807) is 59.8 Å². The molecule has 0 saturated heterocycles. The van der Waals surface area contributed by atoms with E-state index in [0.29, 0.717) is 5.57 Å². The molecule has 0 radical (unpaired) electrons. The van der Waals surface area contributed by atoms with Crippen LogP contribution in [0, 0.1) is 11.8 Å². The zero-order valence-corrected chi connectivity index (χ0v) is 12.1. The molecule has 0 atom stereocenters. The van der Waals surface area contributed by atoms with Crippen LogP contribution in [-0.4, -0.2) is 32.1 Å². The van der Waals surface area contributed by atoms with Gasteiger partial charge in [0.25, 0.3) is 0 Å². The Labute approximate surface area is 110 Å². The number of allylic oxidation sites excluding steroid dienone is 2. The molecule has 0 fully saturated rings. The summed E-state index contributed by atoms with van der Waals surface area (Å²) in [4.78, 5) is 0. The lowest BCUT2D eigenvalue weighted by molar-refractivity contribution is 0.124. The molecular weight excluding hydrogens is 228 g/mol. The van der Waals surface area contributed by atoms with Crippen molar-refractivity contribution in [3.8, 4) is 11.8 Å². The van der Waals surface area contributed by atoms with E-state index in [4.69, 9.17) is 0 Å². The molecule has 102 valence electrons. The molecule has 0 unspecified atom stereocenters. The van der Waals surface area contributed by atoms with Gasteiger partial charge in [0.1, 0.15) is 5.60 Å². The maximum Gasteiger partial charge on any atom is 0.120 e. The first-order chi connectivity index (χ1) is 7.81. The Morgan fingerprint density at radius 1 is 0.944 bits per heavy atom. The fraction of sp³-hybridized carbons (Fsp3) is 0.600. The van der Waals surface area contributed by atoms with E-state index in [9.17, 15) is 15.3 Å². The molecule has 0 heterocycles. The summed E-state index contributed by atoms with van der Waals surface area (Å²) in [6.45, 7) is 9.71. The molecular formula is C15H24O3. The highest BCUT2D eigenvalue weighted by Crippen LogP contribution is 2.16. The minimum absolute atomic E-state index is 0.477. The minimum Gasteiger partial charge on any atom is -0.386 e. The summed E-state index contributed by atoms with van der Waals surface area (Å²) in [5.74, 6) is 5.42. The summed E-state index contributed by atoms with van der Waals surface area (Å²) in [5.41, 5.74) is -2.64. The first-order valence-corrected chi connectivity index (χ1v) is 5.91. The van der Waals surface area contributed by atoms with Gasteiger partial charge in [-0.25, -0.2) is 0 Å². The Morgan fingerprint density at radius 2 is 1.44 bits per heavy atom. The lowest BCUT2D eigenvalue weighted by atomic mass is 9.96. The summed E-state index contributed by atoms with van der Waals surface area (Å²) < 4.78 is 0. The van der Waals surface area contributed by atoms with E-state index in [0.717, 1.165) is 0 Å². The van der Waals surface area contributed by atoms with Crippen LogP contribution in [0.3, 0.4) is 0 Å². The Hall–Kier alpha value is -1.08. The lowest BCUT2D eigenvalue weighted by Gasteiger charge is -2.17. The normalized spacial score (nSPS) is 14.6. The van der Waals surface area contributed by atoms with Crippen molar-refractivity contribution in [1.29, 1.82) is 0 Å². The highest BCUT2D eigenvalue weighted by Gasteiger charge is 2.18. The Bertz CT molecular complexity index is 385. The molecule has 0 amide bonds. The molecule has 0 saturated carbocycles.